The molecule has 0 fully saturated rings. The van der Waals surface area contributed by atoms with Crippen LogP contribution in [0.4, 0.5) is 0 Å². The number of aliphatic carboxylic acids is 1. The Morgan fingerprint density at radius 3 is 2.15 bits per heavy atom. The van der Waals surface area contributed by atoms with Gasteiger partial charge >= 0.3 is 5.97 Å². The van der Waals surface area contributed by atoms with E-state index < -0.39 is 11.5 Å². The van der Waals surface area contributed by atoms with Crippen LogP contribution < -0.4 is 5.32 Å². The lowest BCUT2D eigenvalue weighted by molar-refractivity contribution is -0.146. The predicted octanol–water partition coefficient (Wildman–Crippen LogP) is 2.31. The van der Waals surface area contributed by atoms with Crippen LogP contribution in [-0.4, -0.2) is 42.7 Å². The number of rotatable bonds is 9. The van der Waals surface area contributed by atoms with Crippen LogP contribution in [0.3, 0.4) is 0 Å². The van der Waals surface area contributed by atoms with E-state index in [0.29, 0.717) is 6.54 Å². The Morgan fingerprint density at radius 1 is 1.20 bits per heavy atom. The minimum Gasteiger partial charge on any atom is -0.480 e. The molecule has 0 aliphatic rings. The molecule has 0 aliphatic carbocycles. The zero-order chi connectivity index (χ0) is 15.0. The molecule has 2 N–H and O–H groups in total. The quantitative estimate of drug-likeness (QED) is 0.728. The predicted molar refractivity (Wildman–Crippen MR) is 81.8 cm³/mol. The van der Waals surface area contributed by atoms with Crippen LogP contribution in [0.5, 0.6) is 0 Å². The molecule has 1 aromatic carbocycles. The van der Waals surface area contributed by atoms with Gasteiger partial charge in [-0.3, -0.25) is 0 Å². The van der Waals surface area contributed by atoms with Crippen molar-refractivity contribution in [2.45, 2.75) is 32.2 Å². The second kappa shape index (κ2) is 8.02. The van der Waals surface area contributed by atoms with Gasteiger partial charge in [0.25, 0.3) is 0 Å². The van der Waals surface area contributed by atoms with Gasteiger partial charge in [0.2, 0.25) is 0 Å². The van der Waals surface area contributed by atoms with Gasteiger partial charge in [0.15, 0.2) is 5.54 Å². The van der Waals surface area contributed by atoms with E-state index in [9.17, 15) is 9.90 Å². The van der Waals surface area contributed by atoms with Crippen LogP contribution >= 0.6 is 0 Å². The molecule has 20 heavy (non-hydrogen) atoms. The molecule has 0 heterocycles. The molecule has 0 amide bonds. The average Bonchev–Trinajstić information content (AvgIpc) is 2.45. The van der Waals surface area contributed by atoms with Crippen molar-refractivity contribution >= 4 is 5.97 Å². The van der Waals surface area contributed by atoms with Crippen molar-refractivity contribution in [3.63, 3.8) is 0 Å². The number of hydrogen-bond donors (Lipinski definition) is 2. The highest BCUT2D eigenvalue weighted by molar-refractivity contribution is 5.81. The number of carboxylic acid groups (broad SMARTS) is 1. The zero-order valence-electron chi connectivity index (χ0n) is 12.7. The monoisotopic (exact) mass is 278 g/mol. The SMILES string of the molecule is CCCN(CCC)CC(NC)(C(=O)O)c1ccccc1. The van der Waals surface area contributed by atoms with Gasteiger partial charge < -0.3 is 15.3 Å². The van der Waals surface area contributed by atoms with Crippen LogP contribution in [-0.2, 0) is 10.3 Å². The number of carbonyl (C=O) groups is 1. The lowest BCUT2D eigenvalue weighted by Crippen LogP contribution is -2.55. The Balaban J connectivity index is 3.08. The fraction of sp³-hybridized carbons (Fsp3) is 0.562. The molecule has 0 radical (unpaired) electrons. The first kappa shape index (κ1) is 16.7. The summed E-state index contributed by atoms with van der Waals surface area (Å²) in [6.45, 7) is 6.54. The summed E-state index contributed by atoms with van der Waals surface area (Å²) in [6, 6.07) is 9.42. The lowest BCUT2D eigenvalue weighted by Gasteiger charge is -2.35. The Hall–Kier alpha value is -1.39. The summed E-state index contributed by atoms with van der Waals surface area (Å²) in [5, 5.41) is 12.8. The highest BCUT2D eigenvalue weighted by Crippen LogP contribution is 2.23. The molecular formula is C16H26N2O2. The fourth-order valence-electron chi connectivity index (χ4n) is 2.57. The number of hydrogen-bond acceptors (Lipinski definition) is 3. The highest BCUT2D eigenvalue weighted by Gasteiger charge is 2.40. The summed E-state index contributed by atoms with van der Waals surface area (Å²) in [6.07, 6.45) is 2.04. The van der Waals surface area contributed by atoms with Crippen molar-refractivity contribution in [2.24, 2.45) is 0 Å². The number of nitrogens with zero attached hydrogens (tertiary/aromatic N) is 1. The van der Waals surface area contributed by atoms with E-state index in [-0.39, 0.29) is 0 Å². The molecule has 0 bridgehead atoms. The zero-order valence-corrected chi connectivity index (χ0v) is 12.7. The molecule has 4 heteroatoms. The minimum absolute atomic E-state index is 0.477. The molecule has 4 nitrogen and oxygen atoms in total. The van der Waals surface area contributed by atoms with E-state index in [2.05, 4.69) is 24.1 Å². The van der Waals surface area contributed by atoms with Gasteiger partial charge in [-0.2, -0.15) is 0 Å². The summed E-state index contributed by atoms with van der Waals surface area (Å²) in [5.74, 6) is -0.830. The Labute approximate surface area is 121 Å². The van der Waals surface area contributed by atoms with Gasteiger partial charge in [0.1, 0.15) is 0 Å². The van der Waals surface area contributed by atoms with E-state index in [4.69, 9.17) is 0 Å². The van der Waals surface area contributed by atoms with Gasteiger partial charge in [-0.25, -0.2) is 4.79 Å². The maximum absolute atomic E-state index is 11.9. The molecule has 1 atom stereocenters. The smallest absolute Gasteiger partial charge is 0.329 e. The third kappa shape index (κ3) is 3.81. The Kier molecular flexibility index (Phi) is 6.68. The van der Waals surface area contributed by atoms with Crippen molar-refractivity contribution < 1.29 is 9.90 Å². The van der Waals surface area contributed by atoms with E-state index in [1.165, 1.54) is 0 Å². The first-order valence-corrected chi connectivity index (χ1v) is 7.30. The molecule has 1 aromatic rings. The van der Waals surface area contributed by atoms with Crippen LogP contribution in [0.2, 0.25) is 0 Å². The largest absolute Gasteiger partial charge is 0.480 e. The number of likely N-dealkylation sites (N-methyl/N-ethyl adjacent to an activating group) is 1. The summed E-state index contributed by atoms with van der Waals surface area (Å²) in [7, 11) is 1.72. The second-order valence-electron chi connectivity index (χ2n) is 5.10. The Bertz CT molecular complexity index is 402. The highest BCUT2D eigenvalue weighted by atomic mass is 16.4. The summed E-state index contributed by atoms with van der Waals surface area (Å²) in [5.41, 5.74) is -0.252. The molecule has 1 unspecified atom stereocenters. The maximum atomic E-state index is 11.9. The molecular weight excluding hydrogens is 252 g/mol. The summed E-state index contributed by atoms with van der Waals surface area (Å²) in [4.78, 5) is 14.1. The molecule has 0 saturated heterocycles. The van der Waals surface area contributed by atoms with Crippen LogP contribution in [0.1, 0.15) is 32.3 Å². The van der Waals surface area contributed by atoms with E-state index >= 15 is 0 Å². The van der Waals surface area contributed by atoms with Crippen LogP contribution in [0, 0.1) is 0 Å². The molecule has 0 saturated carbocycles. The molecule has 0 aromatic heterocycles. The average molecular weight is 278 g/mol. The third-order valence-corrected chi connectivity index (χ3v) is 3.60. The van der Waals surface area contributed by atoms with E-state index in [0.717, 1.165) is 31.5 Å². The van der Waals surface area contributed by atoms with Crippen molar-refractivity contribution in [1.82, 2.24) is 10.2 Å². The topological polar surface area (TPSA) is 52.6 Å². The Morgan fingerprint density at radius 2 is 1.75 bits per heavy atom. The number of nitrogens with one attached hydrogen (secondary N) is 1. The summed E-state index contributed by atoms with van der Waals surface area (Å²) < 4.78 is 0. The second-order valence-corrected chi connectivity index (χ2v) is 5.10. The van der Waals surface area contributed by atoms with Gasteiger partial charge in [-0.15, -0.1) is 0 Å². The lowest BCUT2D eigenvalue weighted by atomic mass is 9.89. The first-order valence-electron chi connectivity index (χ1n) is 7.30. The summed E-state index contributed by atoms with van der Waals surface area (Å²) >= 11 is 0. The minimum atomic E-state index is -1.05. The molecule has 0 aliphatic heterocycles. The van der Waals surface area contributed by atoms with Crippen LogP contribution in [0.15, 0.2) is 30.3 Å². The fourth-order valence-corrected chi connectivity index (χ4v) is 2.57. The third-order valence-electron chi connectivity index (χ3n) is 3.60. The number of carboxylic acids is 1. The van der Waals surface area contributed by atoms with E-state index in [1.54, 1.807) is 7.05 Å². The first-order chi connectivity index (χ1) is 9.60. The number of benzene rings is 1. The van der Waals surface area contributed by atoms with Crippen molar-refractivity contribution in [2.75, 3.05) is 26.7 Å². The van der Waals surface area contributed by atoms with Gasteiger partial charge in [0.05, 0.1) is 0 Å². The van der Waals surface area contributed by atoms with E-state index in [1.807, 2.05) is 30.3 Å². The molecule has 0 spiro atoms. The van der Waals surface area contributed by atoms with Crippen LogP contribution in [0.25, 0.3) is 0 Å². The van der Waals surface area contributed by atoms with Crippen molar-refractivity contribution in [3.05, 3.63) is 35.9 Å². The normalized spacial score (nSPS) is 14.2. The maximum Gasteiger partial charge on any atom is 0.329 e. The molecule has 1 rings (SSSR count). The van der Waals surface area contributed by atoms with Crippen molar-refractivity contribution in [1.29, 1.82) is 0 Å². The molecule has 112 valence electrons. The van der Waals surface area contributed by atoms with Gasteiger partial charge in [-0.05, 0) is 38.5 Å². The van der Waals surface area contributed by atoms with Gasteiger partial charge in [-0.1, -0.05) is 44.2 Å². The van der Waals surface area contributed by atoms with Gasteiger partial charge in [0, 0.05) is 6.54 Å². The standard InChI is InChI=1S/C16H26N2O2/c1-4-11-18(12-5-2)13-16(17-3,15(19)20)14-9-7-6-8-10-14/h6-10,17H,4-5,11-13H2,1-3H3,(H,19,20). The van der Waals surface area contributed by atoms with Crippen molar-refractivity contribution in [3.8, 4) is 0 Å².